The Hall–Kier alpha value is -3.10. The van der Waals surface area contributed by atoms with Gasteiger partial charge in [-0.1, -0.05) is 18.2 Å². The van der Waals surface area contributed by atoms with E-state index < -0.39 is 5.60 Å². The van der Waals surface area contributed by atoms with Crippen LogP contribution in [0.4, 0.5) is 4.79 Å². The number of aryl methyl sites for hydroxylation is 2. The number of nitrogens with zero attached hydrogens (tertiary/aromatic N) is 2. The van der Waals surface area contributed by atoms with E-state index in [4.69, 9.17) is 10.00 Å². The van der Waals surface area contributed by atoms with Gasteiger partial charge in [-0.2, -0.15) is 5.26 Å². The van der Waals surface area contributed by atoms with E-state index in [-0.39, 0.29) is 6.09 Å². The van der Waals surface area contributed by atoms with Crippen molar-refractivity contribution in [1.29, 1.82) is 5.26 Å². The molecule has 2 heterocycles. The number of nitrogens with one attached hydrogen (secondary N) is 1. The van der Waals surface area contributed by atoms with Gasteiger partial charge >= 0.3 is 6.09 Å². The molecule has 0 bridgehead atoms. The van der Waals surface area contributed by atoms with Crippen LogP contribution in [0.25, 0.3) is 10.9 Å². The molecule has 0 unspecified atom stereocenters. The van der Waals surface area contributed by atoms with E-state index in [2.05, 4.69) is 43.4 Å². The van der Waals surface area contributed by atoms with Gasteiger partial charge < -0.3 is 10.1 Å². The van der Waals surface area contributed by atoms with E-state index in [0.717, 1.165) is 36.0 Å². The standard InChI is InChI=1S/C27H31N3O2/c1-17-12-18(2)25-22(10-11-30(25)26(31)32-27(3,4)5)23(17)13-21-15-29-16-24(21)20-8-6-19(14-28)7-9-20/h6-12,21,24,29H,13,15-16H2,1-5H3/t21-,24+/m1/s1. The molecule has 0 radical (unpaired) electrons. The molecule has 32 heavy (non-hydrogen) atoms. The third-order valence-corrected chi connectivity index (χ3v) is 6.36. The van der Waals surface area contributed by atoms with Crippen molar-refractivity contribution in [2.45, 2.75) is 52.6 Å². The highest BCUT2D eigenvalue weighted by Gasteiger charge is 2.30. The third-order valence-electron chi connectivity index (χ3n) is 6.36. The summed E-state index contributed by atoms with van der Waals surface area (Å²) in [5, 5.41) is 13.8. The molecule has 1 fully saturated rings. The molecule has 1 N–H and O–H groups in total. The Morgan fingerprint density at radius 1 is 1.16 bits per heavy atom. The summed E-state index contributed by atoms with van der Waals surface area (Å²) in [7, 11) is 0. The molecule has 0 amide bonds. The zero-order valence-corrected chi connectivity index (χ0v) is 19.5. The predicted molar refractivity (Wildman–Crippen MR) is 127 cm³/mol. The topological polar surface area (TPSA) is 67.0 Å². The van der Waals surface area contributed by atoms with Crippen molar-refractivity contribution >= 4 is 17.0 Å². The minimum Gasteiger partial charge on any atom is -0.443 e. The highest BCUT2D eigenvalue weighted by molar-refractivity contribution is 5.94. The van der Waals surface area contributed by atoms with E-state index in [9.17, 15) is 4.79 Å². The molecule has 1 aliphatic rings. The first-order chi connectivity index (χ1) is 15.2. The summed E-state index contributed by atoms with van der Waals surface area (Å²) >= 11 is 0. The molecular weight excluding hydrogens is 398 g/mol. The number of nitriles is 1. The van der Waals surface area contributed by atoms with Crippen LogP contribution in [0, 0.1) is 31.1 Å². The van der Waals surface area contributed by atoms with Crippen LogP contribution in [0.2, 0.25) is 0 Å². The van der Waals surface area contributed by atoms with Crippen molar-refractivity contribution in [2.75, 3.05) is 13.1 Å². The maximum Gasteiger partial charge on any atom is 0.418 e. The fourth-order valence-electron chi connectivity index (χ4n) is 4.91. The Labute approximate surface area is 190 Å². The van der Waals surface area contributed by atoms with Crippen LogP contribution in [-0.4, -0.2) is 29.4 Å². The minimum absolute atomic E-state index is 0.344. The van der Waals surface area contributed by atoms with Crippen molar-refractivity contribution in [2.24, 2.45) is 5.92 Å². The first-order valence-electron chi connectivity index (χ1n) is 11.2. The molecule has 1 aromatic heterocycles. The summed E-state index contributed by atoms with van der Waals surface area (Å²) in [6, 6.07) is 14.4. The maximum atomic E-state index is 12.8. The van der Waals surface area contributed by atoms with Crippen molar-refractivity contribution in [3.63, 3.8) is 0 Å². The lowest BCUT2D eigenvalue weighted by atomic mass is 9.82. The smallest absolute Gasteiger partial charge is 0.418 e. The predicted octanol–water partition coefficient (Wildman–Crippen LogP) is 5.46. The molecule has 166 valence electrons. The van der Waals surface area contributed by atoms with E-state index in [1.165, 1.54) is 16.7 Å². The second kappa shape index (κ2) is 8.44. The van der Waals surface area contributed by atoms with E-state index in [0.29, 0.717) is 17.4 Å². The summed E-state index contributed by atoms with van der Waals surface area (Å²) < 4.78 is 7.28. The Balaban J connectivity index is 1.68. The van der Waals surface area contributed by atoms with Gasteiger partial charge in [0.25, 0.3) is 0 Å². The summed E-state index contributed by atoms with van der Waals surface area (Å²) in [5.74, 6) is 0.837. The molecule has 4 rings (SSSR count). The van der Waals surface area contributed by atoms with Gasteiger partial charge in [0.2, 0.25) is 0 Å². The number of ether oxygens (including phenoxy) is 1. The molecule has 1 saturated heterocycles. The minimum atomic E-state index is -0.543. The first kappa shape index (κ1) is 22.1. The molecule has 5 nitrogen and oxygen atoms in total. The number of rotatable bonds is 3. The second-order valence-electron chi connectivity index (χ2n) is 9.88. The Kier molecular flexibility index (Phi) is 5.83. The van der Waals surface area contributed by atoms with E-state index in [1.54, 1.807) is 4.57 Å². The molecular formula is C27H31N3O2. The van der Waals surface area contributed by atoms with Crippen LogP contribution in [-0.2, 0) is 11.2 Å². The summed E-state index contributed by atoms with van der Waals surface area (Å²) in [4.78, 5) is 12.8. The number of carbonyl (C=O) groups is 1. The maximum absolute atomic E-state index is 12.8. The average molecular weight is 430 g/mol. The average Bonchev–Trinajstić information content (AvgIpc) is 3.37. The van der Waals surface area contributed by atoms with Gasteiger partial charge in [-0.25, -0.2) is 4.79 Å². The largest absolute Gasteiger partial charge is 0.443 e. The molecule has 2 aromatic carbocycles. The highest BCUT2D eigenvalue weighted by atomic mass is 16.6. The zero-order valence-electron chi connectivity index (χ0n) is 19.5. The number of carbonyl (C=O) groups excluding carboxylic acids is 1. The molecule has 0 aliphatic carbocycles. The van der Waals surface area contributed by atoms with Crippen LogP contribution in [0.15, 0.2) is 42.6 Å². The molecule has 0 spiro atoms. The van der Waals surface area contributed by atoms with Gasteiger partial charge in [0.1, 0.15) is 5.60 Å². The van der Waals surface area contributed by atoms with Crippen LogP contribution >= 0.6 is 0 Å². The van der Waals surface area contributed by atoms with Gasteiger partial charge in [-0.3, -0.25) is 4.57 Å². The van der Waals surface area contributed by atoms with Crippen molar-refractivity contribution in [1.82, 2.24) is 9.88 Å². The molecule has 3 aromatic rings. The van der Waals surface area contributed by atoms with Crippen molar-refractivity contribution in [3.05, 3.63) is 70.4 Å². The van der Waals surface area contributed by atoms with Gasteiger partial charge in [0.15, 0.2) is 0 Å². The number of hydrogen-bond acceptors (Lipinski definition) is 4. The Morgan fingerprint density at radius 3 is 2.53 bits per heavy atom. The Bertz CT molecular complexity index is 1190. The summed E-state index contributed by atoms with van der Waals surface area (Å²) in [5.41, 5.74) is 5.97. The van der Waals surface area contributed by atoms with Crippen LogP contribution in [0.1, 0.15) is 54.5 Å². The SMILES string of the molecule is Cc1cc(C)c2c(ccn2C(=O)OC(C)(C)C)c1C[C@@H]1CNC[C@H]1c1ccc(C#N)cc1. The van der Waals surface area contributed by atoms with Crippen molar-refractivity contribution < 1.29 is 9.53 Å². The monoisotopic (exact) mass is 429 g/mol. The van der Waals surface area contributed by atoms with Crippen LogP contribution in [0.3, 0.4) is 0 Å². The van der Waals surface area contributed by atoms with Crippen LogP contribution < -0.4 is 5.32 Å². The lowest BCUT2D eigenvalue weighted by molar-refractivity contribution is 0.0544. The van der Waals surface area contributed by atoms with Gasteiger partial charge in [0.05, 0.1) is 17.1 Å². The van der Waals surface area contributed by atoms with E-state index >= 15 is 0 Å². The lowest BCUT2D eigenvalue weighted by Crippen LogP contribution is -2.26. The fourth-order valence-corrected chi connectivity index (χ4v) is 4.91. The first-order valence-corrected chi connectivity index (χ1v) is 11.2. The fraction of sp³-hybridized carbons (Fsp3) is 0.407. The normalized spacial score (nSPS) is 18.6. The number of fused-ring (bicyclic) bond motifs is 1. The molecule has 2 atom stereocenters. The summed E-state index contributed by atoms with van der Waals surface area (Å²) in [6.07, 6.45) is 2.42. The molecule has 0 saturated carbocycles. The quantitative estimate of drug-likeness (QED) is 0.600. The number of hydrogen-bond donors (Lipinski definition) is 1. The Morgan fingerprint density at radius 2 is 1.88 bits per heavy atom. The highest BCUT2D eigenvalue weighted by Crippen LogP contribution is 2.35. The van der Waals surface area contributed by atoms with Crippen LogP contribution in [0.5, 0.6) is 0 Å². The summed E-state index contributed by atoms with van der Waals surface area (Å²) in [6.45, 7) is 11.7. The molecule has 1 aliphatic heterocycles. The lowest BCUT2D eigenvalue weighted by Gasteiger charge is -2.22. The number of aromatic nitrogens is 1. The molecule has 5 heteroatoms. The number of benzene rings is 2. The van der Waals surface area contributed by atoms with Gasteiger partial charge in [0, 0.05) is 24.0 Å². The zero-order chi connectivity index (χ0) is 23.0. The second-order valence-corrected chi connectivity index (χ2v) is 9.88. The van der Waals surface area contributed by atoms with E-state index in [1.807, 2.05) is 45.2 Å². The van der Waals surface area contributed by atoms with Crippen molar-refractivity contribution in [3.8, 4) is 6.07 Å². The van der Waals surface area contributed by atoms with Gasteiger partial charge in [-0.15, -0.1) is 0 Å². The third kappa shape index (κ3) is 4.28. The van der Waals surface area contributed by atoms with Gasteiger partial charge in [-0.05, 0) is 94.0 Å².